The first-order valence-electron chi connectivity index (χ1n) is 6.19. The molecule has 19 heavy (non-hydrogen) atoms. The maximum atomic E-state index is 11.9. The van der Waals surface area contributed by atoms with E-state index in [9.17, 15) is 4.79 Å². The number of carbonyl (C=O) groups is 1. The lowest BCUT2D eigenvalue weighted by molar-refractivity contribution is -0.117. The summed E-state index contributed by atoms with van der Waals surface area (Å²) in [6, 6.07) is 1.64. The molecule has 98 valence electrons. The molecular weight excluding hydrogens is 244 g/mol. The van der Waals surface area contributed by atoms with Crippen LogP contribution in [0.3, 0.4) is 0 Å². The molecule has 2 aromatic heterocycles. The van der Waals surface area contributed by atoms with Crippen LogP contribution in [-0.4, -0.2) is 38.2 Å². The van der Waals surface area contributed by atoms with E-state index in [-0.39, 0.29) is 11.9 Å². The summed E-state index contributed by atoms with van der Waals surface area (Å²) in [6.07, 6.45) is 8.48. The fourth-order valence-corrected chi connectivity index (χ4v) is 2.04. The first kappa shape index (κ1) is 11.8. The molecule has 0 radical (unpaired) electrons. The Balaban J connectivity index is 1.70. The number of hydrogen-bond donors (Lipinski definition) is 2. The predicted octanol–water partition coefficient (Wildman–Crippen LogP) is 0.353. The molecule has 0 bridgehead atoms. The van der Waals surface area contributed by atoms with Gasteiger partial charge in [0, 0.05) is 12.4 Å². The van der Waals surface area contributed by atoms with E-state index in [1.54, 1.807) is 30.9 Å². The first-order chi connectivity index (χ1) is 9.33. The molecule has 0 aromatic carbocycles. The highest BCUT2D eigenvalue weighted by atomic mass is 16.2. The smallest absolute Gasteiger partial charge is 0.250 e. The lowest BCUT2D eigenvalue weighted by atomic mass is 10.2. The number of amides is 1. The third-order valence-corrected chi connectivity index (χ3v) is 2.98. The molecule has 1 unspecified atom stereocenters. The standard InChI is InChI=1S/C12H14N6O/c19-11(10-3-1-4-13-10)17-9-7-16-18(8-9)12-14-5-2-6-15-12/h2,5-8,10,13H,1,3-4H2,(H,17,19). The highest BCUT2D eigenvalue weighted by Gasteiger charge is 2.22. The van der Waals surface area contributed by atoms with Crippen molar-refractivity contribution < 1.29 is 4.79 Å². The maximum Gasteiger partial charge on any atom is 0.250 e. The molecule has 3 rings (SSSR count). The van der Waals surface area contributed by atoms with Crippen molar-refractivity contribution in [2.75, 3.05) is 11.9 Å². The van der Waals surface area contributed by atoms with Gasteiger partial charge < -0.3 is 10.6 Å². The Morgan fingerprint density at radius 2 is 2.26 bits per heavy atom. The molecule has 1 atom stereocenters. The molecule has 7 nitrogen and oxygen atoms in total. The Morgan fingerprint density at radius 3 is 3.00 bits per heavy atom. The largest absolute Gasteiger partial charge is 0.322 e. The van der Waals surface area contributed by atoms with Gasteiger partial charge in [-0.1, -0.05) is 0 Å². The van der Waals surface area contributed by atoms with Crippen molar-refractivity contribution in [2.24, 2.45) is 0 Å². The summed E-state index contributed by atoms with van der Waals surface area (Å²) in [5.74, 6) is 0.452. The van der Waals surface area contributed by atoms with E-state index in [0.717, 1.165) is 19.4 Å². The molecule has 1 aliphatic heterocycles. The van der Waals surface area contributed by atoms with Crippen LogP contribution in [0.1, 0.15) is 12.8 Å². The van der Waals surface area contributed by atoms with Crippen LogP contribution < -0.4 is 10.6 Å². The first-order valence-corrected chi connectivity index (χ1v) is 6.19. The van der Waals surface area contributed by atoms with E-state index in [1.165, 1.54) is 4.68 Å². The van der Waals surface area contributed by atoms with Crippen LogP contribution in [0.15, 0.2) is 30.9 Å². The van der Waals surface area contributed by atoms with Crippen LogP contribution in [0.4, 0.5) is 5.69 Å². The summed E-state index contributed by atoms with van der Waals surface area (Å²) < 4.78 is 1.53. The van der Waals surface area contributed by atoms with Gasteiger partial charge in [0.2, 0.25) is 11.9 Å². The topological polar surface area (TPSA) is 84.7 Å². The molecule has 2 N–H and O–H groups in total. The van der Waals surface area contributed by atoms with Gasteiger partial charge in [-0.25, -0.2) is 14.6 Å². The molecule has 1 saturated heterocycles. The van der Waals surface area contributed by atoms with Crippen molar-refractivity contribution in [1.82, 2.24) is 25.1 Å². The van der Waals surface area contributed by atoms with E-state index in [1.807, 2.05) is 0 Å². The van der Waals surface area contributed by atoms with Crippen molar-refractivity contribution in [3.05, 3.63) is 30.9 Å². The number of hydrogen-bond acceptors (Lipinski definition) is 5. The zero-order chi connectivity index (χ0) is 13.1. The zero-order valence-electron chi connectivity index (χ0n) is 10.3. The van der Waals surface area contributed by atoms with Gasteiger partial charge in [0.15, 0.2) is 0 Å². The summed E-state index contributed by atoms with van der Waals surface area (Å²) in [6.45, 7) is 0.898. The van der Waals surface area contributed by atoms with Crippen molar-refractivity contribution in [1.29, 1.82) is 0 Å². The third-order valence-electron chi connectivity index (χ3n) is 2.98. The van der Waals surface area contributed by atoms with Crippen molar-refractivity contribution in [3.8, 4) is 5.95 Å². The molecular formula is C12H14N6O. The summed E-state index contributed by atoms with van der Waals surface area (Å²) in [7, 11) is 0. The average Bonchev–Trinajstić information content (AvgIpc) is 3.11. The maximum absolute atomic E-state index is 11.9. The molecule has 1 aliphatic rings. The monoisotopic (exact) mass is 258 g/mol. The Hall–Kier alpha value is -2.28. The fraction of sp³-hybridized carbons (Fsp3) is 0.333. The molecule has 0 saturated carbocycles. The number of nitrogens with zero attached hydrogens (tertiary/aromatic N) is 4. The lowest BCUT2D eigenvalue weighted by Gasteiger charge is -2.08. The third kappa shape index (κ3) is 2.60. The predicted molar refractivity (Wildman–Crippen MR) is 68.8 cm³/mol. The van der Waals surface area contributed by atoms with Crippen molar-refractivity contribution >= 4 is 11.6 Å². The second-order valence-corrected chi connectivity index (χ2v) is 4.36. The van der Waals surface area contributed by atoms with Gasteiger partial charge in [-0.3, -0.25) is 4.79 Å². The van der Waals surface area contributed by atoms with Crippen LogP contribution in [0.5, 0.6) is 0 Å². The second kappa shape index (κ2) is 5.15. The van der Waals surface area contributed by atoms with Crippen LogP contribution in [0.2, 0.25) is 0 Å². The summed E-state index contributed by atoms with van der Waals surface area (Å²) in [5, 5.41) is 10.1. The van der Waals surface area contributed by atoms with Gasteiger partial charge in [-0.2, -0.15) is 5.10 Å². The molecule has 0 aliphatic carbocycles. The zero-order valence-corrected chi connectivity index (χ0v) is 10.3. The minimum absolute atomic E-state index is 0.0222. The van der Waals surface area contributed by atoms with E-state index in [2.05, 4.69) is 25.7 Å². The normalized spacial score (nSPS) is 18.4. The Kier molecular flexibility index (Phi) is 3.20. The fourth-order valence-electron chi connectivity index (χ4n) is 2.04. The SMILES string of the molecule is O=C(Nc1cnn(-c2ncccn2)c1)C1CCCN1. The Labute approximate surface area is 110 Å². The molecule has 3 heterocycles. The number of anilines is 1. The van der Waals surface area contributed by atoms with E-state index in [4.69, 9.17) is 0 Å². The Bertz CT molecular complexity index is 561. The van der Waals surface area contributed by atoms with Crippen LogP contribution in [-0.2, 0) is 4.79 Å². The lowest BCUT2D eigenvalue weighted by Crippen LogP contribution is -2.35. The number of nitrogens with one attached hydrogen (secondary N) is 2. The molecule has 1 fully saturated rings. The van der Waals surface area contributed by atoms with Crippen molar-refractivity contribution in [2.45, 2.75) is 18.9 Å². The number of carbonyl (C=O) groups excluding carboxylic acids is 1. The minimum atomic E-state index is -0.101. The van der Waals surface area contributed by atoms with Crippen LogP contribution in [0, 0.1) is 0 Å². The highest BCUT2D eigenvalue weighted by molar-refractivity contribution is 5.94. The highest BCUT2D eigenvalue weighted by Crippen LogP contribution is 2.11. The van der Waals surface area contributed by atoms with E-state index >= 15 is 0 Å². The van der Waals surface area contributed by atoms with Gasteiger partial charge in [-0.05, 0) is 25.5 Å². The number of aromatic nitrogens is 4. The van der Waals surface area contributed by atoms with Crippen LogP contribution >= 0.6 is 0 Å². The molecule has 0 spiro atoms. The molecule has 1 amide bonds. The summed E-state index contributed by atoms with van der Waals surface area (Å²) in [5.41, 5.74) is 0.645. The molecule has 2 aromatic rings. The summed E-state index contributed by atoms with van der Waals surface area (Å²) >= 11 is 0. The van der Waals surface area contributed by atoms with E-state index < -0.39 is 0 Å². The molecule has 7 heteroatoms. The Morgan fingerprint density at radius 1 is 1.42 bits per heavy atom. The van der Waals surface area contributed by atoms with Gasteiger partial charge in [0.25, 0.3) is 0 Å². The average molecular weight is 258 g/mol. The van der Waals surface area contributed by atoms with E-state index in [0.29, 0.717) is 11.6 Å². The number of rotatable bonds is 3. The van der Waals surface area contributed by atoms with Gasteiger partial charge in [-0.15, -0.1) is 0 Å². The van der Waals surface area contributed by atoms with Crippen LogP contribution in [0.25, 0.3) is 5.95 Å². The van der Waals surface area contributed by atoms with Gasteiger partial charge in [0.1, 0.15) is 0 Å². The second-order valence-electron chi connectivity index (χ2n) is 4.36. The van der Waals surface area contributed by atoms with Crippen molar-refractivity contribution in [3.63, 3.8) is 0 Å². The quantitative estimate of drug-likeness (QED) is 0.830. The van der Waals surface area contributed by atoms with Gasteiger partial charge >= 0.3 is 0 Å². The van der Waals surface area contributed by atoms with Gasteiger partial charge in [0.05, 0.1) is 24.1 Å². The summed E-state index contributed by atoms with van der Waals surface area (Å²) in [4.78, 5) is 20.1. The minimum Gasteiger partial charge on any atom is -0.322 e.